The van der Waals surface area contributed by atoms with E-state index in [0.29, 0.717) is 16.5 Å². The van der Waals surface area contributed by atoms with Crippen LogP contribution in [0.1, 0.15) is 16.7 Å². The van der Waals surface area contributed by atoms with Gasteiger partial charge in [-0.15, -0.1) is 0 Å². The van der Waals surface area contributed by atoms with Crippen LogP contribution in [0.15, 0.2) is 93.3 Å². The molecule has 1 fully saturated rings. The van der Waals surface area contributed by atoms with E-state index >= 15 is 0 Å². The molecule has 0 atom stereocenters. The molecule has 1 aliphatic heterocycles. The van der Waals surface area contributed by atoms with Gasteiger partial charge in [0, 0.05) is 21.6 Å². The van der Waals surface area contributed by atoms with Gasteiger partial charge in [0.1, 0.15) is 0 Å². The van der Waals surface area contributed by atoms with Crippen LogP contribution < -0.4 is 0 Å². The van der Waals surface area contributed by atoms with Crippen LogP contribution in [-0.2, 0) is 21.4 Å². The Hall–Kier alpha value is -3.14. The number of fused-ring (bicyclic) bond motifs is 1. The molecule has 6 nitrogen and oxygen atoms in total. The standard InChI is InChI=1S/C26H19BrN2O4S2/c1-17-10-12-20(13-11-17)35(32,33)29-16-19(21-7-3-5-9-23(21)29)14-24-25(30)28(26(31)34-24)15-18-6-2-4-8-22(18)27/h2-14,16H,15H2,1H3/b24-14-. The lowest BCUT2D eigenvalue weighted by atomic mass is 10.1. The smallest absolute Gasteiger partial charge is 0.268 e. The van der Waals surface area contributed by atoms with Crippen molar-refractivity contribution < 1.29 is 18.0 Å². The minimum Gasteiger partial charge on any atom is -0.268 e. The Morgan fingerprint density at radius 3 is 2.37 bits per heavy atom. The van der Waals surface area contributed by atoms with Crippen LogP contribution in [0.25, 0.3) is 17.0 Å². The highest BCUT2D eigenvalue weighted by Gasteiger charge is 2.35. The van der Waals surface area contributed by atoms with Gasteiger partial charge in [0.25, 0.3) is 21.2 Å². The Bertz CT molecular complexity index is 1620. The molecule has 0 unspecified atom stereocenters. The van der Waals surface area contributed by atoms with Gasteiger partial charge in [-0.05, 0) is 54.6 Å². The Labute approximate surface area is 215 Å². The number of carbonyl (C=O) groups is 2. The highest BCUT2D eigenvalue weighted by atomic mass is 79.9. The maximum absolute atomic E-state index is 13.4. The van der Waals surface area contributed by atoms with Crippen LogP contribution in [0, 0.1) is 6.92 Å². The van der Waals surface area contributed by atoms with Crippen LogP contribution in [-0.4, -0.2) is 28.4 Å². The third-order valence-corrected chi connectivity index (χ3v) is 9.10. The molecular formula is C26H19BrN2O4S2. The first-order valence-electron chi connectivity index (χ1n) is 10.7. The minimum atomic E-state index is -3.86. The van der Waals surface area contributed by atoms with E-state index in [-0.39, 0.29) is 21.6 Å². The number of aryl methyl sites for hydroxylation is 1. The lowest BCUT2D eigenvalue weighted by molar-refractivity contribution is -0.123. The summed E-state index contributed by atoms with van der Waals surface area (Å²) in [6.07, 6.45) is 3.09. The maximum atomic E-state index is 13.4. The first-order valence-corrected chi connectivity index (χ1v) is 13.7. The van der Waals surface area contributed by atoms with E-state index in [9.17, 15) is 18.0 Å². The van der Waals surface area contributed by atoms with Gasteiger partial charge in [0.2, 0.25) is 0 Å². The lowest BCUT2D eigenvalue weighted by Crippen LogP contribution is -2.27. The van der Waals surface area contributed by atoms with E-state index < -0.39 is 15.9 Å². The van der Waals surface area contributed by atoms with Gasteiger partial charge < -0.3 is 0 Å². The SMILES string of the molecule is Cc1ccc(S(=O)(=O)n2cc(/C=C3\SC(=O)N(Cc4ccccc4Br)C3=O)c3ccccc32)cc1. The van der Waals surface area contributed by atoms with Crippen LogP contribution in [0.3, 0.4) is 0 Å². The fourth-order valence-electron chi connectivity index (χ4n) is 3.89. The highest BCUT2D eigenvalue weighted by Crippen LogP contribution is 2.36. The largest absolute Gasteiger partial charge is 0.293 e. The molecule has 2 heterocycles. The summed E-state index contributed by atoms with van der Waals surface area (Å²) in [5.74, 6) is -0.408. The van der Waals surface area contributed by atoms with Crippen LogP contribution >= 0.6 is 27.7 Å². The molecule has 0 saturated carbocycles. The number of hydrogen-bond donors (Lipinski definition) is 0. The normalized spacial score (nSPS) is 15.5. The van der Waals surface area contributed by atoms with Crippen LogP contribution in [0.2, 0.25) is 0 Å². The van der Waals surface area contributed by atoms with E-state index in [1.54, 1.807) is 54.6 Å². The second-order valence-electron chi connectivity index (χ2n) is 8.07. The monoisotopic (exact) mass is 566 g/mol. The van der Waals surface area contributed by atoms with Crippen molar-refractivity contribution in [3.05, 3.63) is 105 Å². The Kier molecular flexibility index (Phi) is 6.16. The zero-order chi connectivity index (χ0) is 24.7. The predicted molar refractivity (Wildman–Crippen MR) is 141 cm³/mol. The van der Waals surface area contributed by atoms with Crippen molar-refractivity contribution in [3.63, 3.8) is 0 Å². The van der Waals surface area contributed by atoms with E-state index in [1.165, 1.54) is 15.1 Å². The van der Waals surface area contributed by atoms with E-state index in [4.69, 9.17) is 0 Å². The Morgan fingerprint density at radius 1 is 0.943 bits per heavy atom. The zero-order valence-electron chi connectivity index (χ0n) is 18.5. The molecule has 2 amide bonds. The molecule has 0 N–H and O–H groups in total. The molecule has 5 rings (SSSR count). The summed E-state index contributed by atoms with van der Waals surface area (Å²) in [7, 11) is -3.86. The second kappa shape index (κ2) is 9.14. The predicted octanol–water partition coefficient (Wildman–Crippen LogP) is 6.19. The molecule has 0 spiro atoms. The van der Waals surface area contributed by atoms with Crippen molar-refractivity contribution >= 4 is 65.8 Å². The van der Waals surface area contributed by atoms with E-state index in [0.717, 1.165) is 27.4 Å². The van der Waals surface area contributed by atoms with Crippen molar-refractivity contribution in [2.75, 3.05) is 0 Å². The number of thioether (sulfide) groups is 1. The molecule has 3 aromatic carbocycles. The third kappa shape index (κ3) is 4.35. The number of hydrogen-bond acceptors (Lipinski definition) is 5. The molecule has 1 saturated heterocycles. The zero-order valence-corrected chi connectivity index (χ0v) is 21.7. The fraction of sp³-hybridized carbons (Fsp3) is 0.0769. The molecule has 9 heteroatoms. The number of benzene rings is 3. The first-order chi connectivity index (χ1) is 16.8. The molecule has 1 aliphatic rings. The number of imide groups is 1. The summed E-state index contributed by atoms with van der Waals surface area (Å²) in [6, 6.07) is 21.2. The number of carbonyl (C=O) groups excluding carboxylic acids is 2. The summed E-state index contributed by atoms with van der Waals surface area (Å²) in [6.45, 7) is 2.04. The summed E-state index contributed by atoms with van der Waals surface area (Å²) in [5, 5.41) is 0.300. The van der Waals surface area contributed by atoms with Crippen molar-refractivity contribution in [3.8, 4) is 0 Å². The van der Waals surface area contributed by atoms with Gasteiger partial charge in [-0.25, -0.2) is 12.4 Å². The second-order valence-corrected chi connectivity index (χ2v) is 11.7. The van der Waals surface area contributed by atoms with Crippen LogP contribution in [0.4, 0.5) is 4.79 Å². The molecule has 0 radical (unpaired) electrons. The molecule has 0 aliphatic carbocycles. The fourth-order valence-corrected chi connectivity index (χ4v) is 6.50. The average molecular weight is 567 g/mol. The van der Waals surface area contributed by atoms with E-state index in [1.807, 2.05) is 31.2 Å². The summed E-state index contributed by atoms with van der Waals surface area (Å²) >= 11 is 4.30. The number of rotatable bonds is 5. The lowest BCUT2D eigenvalue weighted by Gasteiger charge is -2.13. The molecule has 0 bridgehead atoms. The van der Waals surface area contributed by atoms with Gasteiger partial charge in [0.05, 0.1) is 21.9 Å². The first kappa shape index (κ1) is 23.6. The molecule has 4 aromatic rings. The Balaban J connectivity index is 1.54. The average Bonchev–Trinajstić information content (AvgIpc) is 3.34. The van der Waals surface area contributed by atoms with Gasteiger partial charge in [-0.2, -0.15) is 0 Å². The van der Waals surface area contributed by atoms with Crippen molar-refractivity contribution in [2.45, 2.75) is 18.4 Å². The minimum absolute atomic E-state index is 0.146. The van der Waals surface area contributed by atoms with Crippen molar-refractivity contribution in [1.82, 2.24) is 8.87 Å². The molecular weight excluding hydrogens is 548 g/mol. The van der Waals surface area contributed by atoms with Crippen molar-refractivity contribution in [2.24, 2.45) is 0 Å². The highest BCUT2D eigenvalue weighted by molar-refractivity contribution is 9.10. The number of aromatic nitrogens is 1. The van der Waals surface area contributed by atoms with Gasteiger partial charge in [-0.3, -0.25) is 14.5 Å². The van der Waals surface area contributed by atoms with Gasteiger partial charge in [0.15, 0.2) is 0 Å². The number of nitrogens with zero attached hydrogens (tertiary/aromatic N) is 2. The summed E-state index contributed by atoms with van der Waals surface area (Å²) < 4.78 is 28.9. The third-order valence-electron chi connectivity index (χ3n) is 5.73. The van der Waals surface area contributed by atoms with Crippen molar-refractivity contribution in [1.29, 1.82) is 0 Å². The summed E-state index contributed by atoms with van der Waals surface area (Å²) in [5.41, 5.74) is 2.81. The van der Waals surface area contributed by atoms with Crippen LogP contribution in [0.5, 0.6) is 0 Å². The number of halogens is 1. The Morgan fingerprint density at radius 2 is 1.63 bits per heavy atom. The quantitative estimate of drug-likeness (QED) is 0.269. The number of amides is 2. The topological polar surface area (TPSA) is 76.5 Å². The molecule has 1 aromatic heterocycles. The molecule has 176 valence electrons. The maximum Gasteiger partial charge on any atom is 0.293 e. The van der Waals surface area contributed by atoms with Gasteiger partial charge >= 0.3 is 0 Å². The van der Waals surface area contributed by atoms with E-state index in [2.05, 4.69) is 15.9 Å². The van der Waals surface area contributed by atoms with Gasteiger partial charge in [-0.1, -0.05) is 70.0 Å². The summed E-state index contributed by atoms with van der Waals surface area (Å²) in [4.78, 5) is 27.4. The number of para-hydroxylation sites is 1. The molecule has 35 heavy (non-hydrogen) atoms.